The lowest BCUT2D eigenvalue weighted by Crippen LogP contribution is -2.22. The molecule has 122 valence electrons. The van der Waals surface area contributed by atoms with E-state index in [1.165, 1.54) is 0 Å². The number of hydrogen-bond donors (Lipinski definition) is 2. The molecule has 0 heterocycles. The first-order valence-corrected chi connectivity index (χ1v) is 8.78. The van der Waals surface area contributed by atoms with Gasteiger partial charge < -0.3 is 15.4 Å². The van der Waals surface area contributed by atoms with Gasteiger partial charge in [-0.2, -0.15) is 0 Å². The lowest BCUT2D eigenvalue weighted by Gasteiger charge is -2.13. The third kappa shape index (κ3) is 6.09. The average Bonchev–Trinajstić information content (AvgIpc) is 2.56. The van der Waals surface area contributed by atoms with Gasteiger partial charge in [-0.1, -0.05) is 25.5 Å². The van der Waals surface area contributed by atoms with Gasteiger partial charge in [0.05, 0.1) is 18.8 Å². The molecule has 0 aliphatic rings. The molecule has 23 heavy (non-hydrogen) atoms. The fourth-order valence-electron chi connectivity index (χ4n) is 1.97. The highest BCUT2D eigenvalue weighted by Gasteiger charge is 2.07. The molecule has 0 fully saturated rings. The molecular formula is C18H21IN2O2. The zero-order chi connectivity index (χ0) is 16.5. The van der Waals surface area contributed by atoms with Crippen LogP contribution in [0.3, 0.4) is 0 Å². The molecule has 0 spiro atoms. The van der Waals surface area contributed by atoms with Crippen LogP contribution in [-0.4, -0.2) is 19.1 Å². The standard InChI is InChI=1S/C18H21IN2O2/c1-2-3-12-23-17-7-5-4-6-16(17)21-18(22)13-20-15-10-8-14(19)9-11-15/h4-11,20H,2-3,12-13H2,1H3,(H,21,22). The smallest absolute Gasteiger partial charge is 0.243 e. The van der Waals surface area contributed by atoms with Crippen LogP contribution in [0.2, 0.25) is 0 Å². The van der Waals surface area contributed by atoms with Crippen molar-refractivity contribution in [3.63, 3.8) is 0 Å². The number of ether oxygens (including phenoxy) is 1. The third-order valence-corrected chi connectivity index (χ3v) is 3.93. The molecule has 5 heteroatoms. The summed E-state index contributed by atoms with van der Waals surface area (Å²) in [5.41, 5.74) is 1.63. The average molecular weight is 424 g/mol. The molecular weight excluding hydrogens is 403 g/mol. The summed E-state index contributed by atoms with van der Waals surface area (Å²) in [6.07, 6.45) is 2.07. The number of rotatable bonds is 8. The minimum absolute atomic E-state index is 0.102. The van der Waals surface area contributed by atoms with Crippen molar-refractivity contribution < 1.29 is 9.53 Å². The van der Waals surface area contributed by atoms with Crippen LogP contribution in [0.5, 0.6) is 5.75 Å². The first-order valence-electron chi connectivity index (χ1n) is 7.70. The van der Waals surface area contributed by atoms with Crippen LogP contribution < -0.4 is 15.4 Å². The highest BCUT2D eigenvalue weighted by molar-refractivity contribution is 14.1. The van der Waals surface area contributed by atoms with E-state index in [1.807, 2.05) is 48.5 Å². The second kappa shape index (κ2) is 9.39. The van der Waals surface area contributed by atoms with Crippen molar-refractivity contribution in [2.45, 2.75) is 19.8 Å². The summed E-state index contributed by atoms with van der Waals surface area (Å²) in [5.74, 6) is 0.610. The predicted molar refractivity (Wildman–Crippen MR) is 103 cm³/mol. The van der Waals surface area contributed by atoms with Crippen LogP contribution in [0.25, 0.3) is 0 Å². The summed E-state index contributed by atoms with van der Waals surface area (Å²) in [5, 5.41) is 6.00. The Morgan fingerprint density at radius 1 is 1.13 bits per heavy atom. The van der Waals surface area contributed by atoms with Crippen molar-refractivity contribution in [2.75, 3.05) is 23.8 Å². The molecule has 0 unspecified atom stereocenters. The van der Waals surface area contributed by atoms with Gasteiger partial charge in [-0.05, 0) is 65.4 Å². The number of hydrogen-bond acceptors (Lipinski definition) is 3. The van der Waals surface area contributed by atoms with Crippen LogP contribution in [-0.2, 0) is 4.79 Å². The SMILES string of the molecule is CCCCOc1ccccc1NC(=O)CNc1ccc(I)cc1. The number of nitrogens with one attached hydrogen (secondary N) is 2. The number of para-hydroxylation sites is 2. The summed E-state index contributed by atoms with van der Waals surface area (Å²) in [7, 11) is 0. The molecule has 1 amide bonds. The summed E-state index contributed by atoms with van der Waals surface area (Å²) in [4.78, 5) is 12.1. The molecule has 4 nitrogen and oxygen atoms in total. The van der Waals surface area contributed by atoms with Gasteiger partial charge in [-0.3, -0.25) is 4.79 Å². The number of carbonyl (C=O) groups is 1. The normalized spacial score (nSPS) is 10.2. The summed E-state index contributed by atoms with van der Waals surface area (Å²) in [6.45, 7) is 2.99. The van der Waals surface area contributed by atoms with Crippen molar-refractivity contribution in [3.8, 4) is 5.75 Å². The summed E-state index contributed by atoms with van der Waals surface area (Å²) < 4.78 is 6.88. The maximum atomic E-state index is 12.1. The van der Waals surface area contributed by atoms with Crippen molar-refractivity contribution in [1.29, 1.82) is 0 Å². The second-order valence-corrected chi connectivity index (χ2v) is 6.35. The molecule has 2 rings (SSSR count). The van der Waals surface area contributed by atoms with E-state index in [0.717, 1.165) is 22.1 Å². The highest BCUT2D eigenvalue weighted by Crippen LogP contribution is 2.24. The molecule has 0 saturated carbocycles. The van der Waals surface area contributed by atoms with Crippen molar-refractivity contribution in [1.82, 2.24) is 0 Å². The number of benzene rings is 2. The van der Waals surface area contributed by atoms with Crippen LogP contribution in [0.15, 0.2) is 48.5 Å². The molecule has 0 atom stereocenters. The Hall–Kier alpha value is -1.76. The Morgan fingerprint density at radius 3 is 2.61 bits per heavy atom. The lowest BCUT2D eigenvalue weighted by atomic mass is 10.3. The number of unbranched alkanes of at least 4 members (excludes halogenated alkanes) is 1. The van der Waals surface area contributed by atoms with Gasteiger partial charge in [0.1, 0.15) is 5.75 Å². The Kier molecular flexibility index (Phi) is 7.19. The number of amides is 1. The van der Waals surface area contributed by atoms with E-state index in [1.54, 1.807) is 0 Å². The monoisotopic (exact) mass is 424 g/mol. The van der Waals surface area contributed by atoms with Gasteiger partial charge in [0.25, 0.3) is 0 Å². The molecule has 0 radical (unpaired) electrons. The Labute approximate surface area is 150 Å². The Morgan fingerprint density at radius 2 is 1.87 bits per heavy atom. The zero-order valence-electron chi connectivity index (χ0n) is 13.1. The van der Waals surface area contributed by atoms with E-state index in [0.29, 0.717) is 18.0 Å². The molecule has 2 aromatic carbocycles. The quantitative estimate of drug-likeness (QED) is 0.484. The van der Waals surface area contributed by atoms with E-state index in [-0.39, 0.29) is 12.5 Å². The topological polar surface area (TPSA) is 50.4 Å². The molecule has 0 aliphatic heterocycles. The zero-order valence-corrected chi connectivity index (χ0v) is 15.3. The van der Waals surface area contributed by atoms with Crippen LogP contribution >= 0.6 is 22.6 Å². The highest BCUT2D eigenvalue weighted by atomic mass is 127. The van der Waals surface area contributed by atoms with Gasteiger partial charge >= 0.3 is 0 Å². The van der Waals surface area contributed by atoms with Crippen LogP contribution in [0.1, 0.15) is 19.8 Å². The van der Waals surface area contributed by atoms with E-state index in [2.05, 4.69) is 40.1 Å². The van der Waals surface area contributed by atoms with Gasteiger partial charge in [0, 0.05) is 9.26 Å². The fourth-order valence-corrected chi connectivity index (χ4v) is 2.33. The van der Waals surface area contributed by atoms with Gasteiger partial charge in [-0.25, -0.2) is 0 Å². The van der Waals surface area contributed by atoms with Crippen molar-refractivity contribution >= 4 is 39.9 Å². The lowest BCUT2D eigenvalue weighted by molar-refractivity contribution is -0.114. The first-order chi connectivity index (χ1) is 11.2. The largest absolute Gasteiger partial charge is 0.491 e. The Bertz CT molecular complexity index is 629. The second-order valence-electron chi connectivity index (χ2n) is 5.11. The molecule has 0 bridgehead atoms. The van der Waals surface area contributed by atoms with Gasteiger partial charge in [-0.15, -0.1) is 0 Å². The summed E-state index contributed by atoms with van der Waals surface area (Å²) >= 11 is 2.25. The van der Waals surface area contributed by atoms with E-state index < -0.39 is 0 Å². The Balaban J connectivity index is 1.88. The van der Waals surface area contributed by atoms with Gasteiger partial charge in [0.15, 0.2) is 0 Å². The van der Waals surface area contributed by atoms with E-state index in [9.17, 15) is 4.79 Å². The maximum Gasteiger partial charge on any atom is 0.243 e. The maximum absolute atomic E-state index is 12.1. The summed E-state index contributed by atoms with van der Waals surface area (Å²) in [6, 6.07) is 15.4. The molecule has 2 aromatic rings. The predicted octanol–water partition coefficient (Wildman–Crippen LogP) is 4.52. The van der Waals surface area contributed by atoms with Crippen LogP contribution in [0.4, 0.5) is 11.4 Å². The third-order valence-electron chi connectivity index (χ3n) is 3.21. The first kappa shape index (κ1) is 17.6. The minimum atomic E-state index is -0.102. The minimum Gasteiger partial charge on any atom is -0.491 e. The van der Waals surface area contributed by atoms with Crippen molar-refractivity contribution in [3.05, 3.63) is 52.1 Å². The molecule has 2 N–H and O–H groups in total. The number of anilines is 2. The van der Waals surface area contributed by atoms with Crippen molar-refractivity contribution in [2.24, 2.45) is 0 Å². The van der Waals surface area contributed by atoms with E-state index in [4.69, 9.17) is 4.74 Å². The molecule has 0 aromatic heterocycles. The van der Waals surface area contributed by atoms with Gasteiger partial charge in [0.2, 0.25) is 5.91 Å². The van der Waals surface area contributed by atoms with E-state index >= 15 is 0 Å². The molecule has 0 saturated heterocycles. The number of carbonyl (C=O) groups excluding carboxylic acids is 1. The molecule has 0 aliphatic carbocycles. The fraction of sp³-hybridized carbons (Fsp3) is 0.278. The number of halogens is 1. The van der Waals surface area contributed by atoms with Crippen LogP contribution in [0, 0.1) is 3.57 Å².